The van der Waals surface area contributed by atoms with Gasteiger partial charge in [-0.25, -0.2) is 0 Å². The summed E-state index contributed by atoms with van der Waals surface area (Å²) in [6, 6.07) is 3.82. The standard InChI is InChI=1S/C14H16Cl2/c1-5-9(3)11-7-12(15)14(10(4)6-2)13(16)8-11/h7-8H,3-6H2,1-2H3. The van der Waals surface area contributed by atoms with Gasteiger partial charge in [-0.15, -0.1) is 0 Å². The van der Waals surface area contributed by atoms with Crippen molar-refractivity contribution in [2.24, 2.45) is 0 Å². The van der Waals surface area contributed by atoms with Crippen LogP contribution in [-0.4, -0.2) is 0 Å². The van der Waals surface area contributed by atoms with Gasteiger partial charge in [0.2, 0.25) is 0 Å². The zero-order chi connectivity index (χ0) is 12.3. The molecule has 16 heavy (non-hydrogen) atoms. The first-order chi connectivity index (χ1) is 7.51. The van der Waals surface area contributed by atoms with E-state index in [-0.39, 0.29) is 0 Å². The summed E-state index contributed by atoms with van der Waals surface area (Å²) in [6.45, 7) is 12.0. The Balaban J connectivity index is 3.28. The molecule has 0 aromatic heterocycles. The second-order valence-corrected chi connectivity index (χ2v) is 4.54. The summed E-state index contributed by atoms with van der Waals surface area (Å²) in [5.41, 5.74) is 3.87. The fourth-order valence-electron chi connectivity index (χ4n) is 1.50. The summed E-state index contributed by atoms with van der Waals surface area (Å²) in [5.74, 6) is 0. The molecule has 0 radical (unpaired) electrons. The molecule has 0 atom stereocenters. The molecule has 0 N–H and O–H groups in total. The van der Waals surface area contributed by atoms with Crippen LogP contribution in [0.1, 0.15) is 37.8 Å². The second kappa shape index (κ2) is 5.56. The molecule has 0 aliphatic rings. The van der Waals surface area contributed by atoms with Crippen LogP contribution in [0.3, 0.4) is 0 Å². The Bertz CT molecular complexity index is 407. The molecule has 0 bridgehead atoms. The molecule has 0 aliphatic carbocycles. The number of hydrogen-bond donors (Lipinski definition) is 0. The van der Waals surface area contributed by atoms with Crippen molar-refractivity contribution in [1.82, 2.24) is 0 Å². The van der Waals surface area contributed by atoms with E-state index in [1.807, 2.05) is 19.1 Å². The van der Waals surface area contributed by atoms with Crippen molar-refractivity contribution >= 4 is 34.3 Å². The van der Waals surface area contributed by atoms with Crippen molar-refractivity contribution in [2.75, 3.05) is 0 Å². The maximum Gasteiger partial charge on any atom is 0.0501 e. The highest BCUT2D eigenvalue weighted by molar-refractivity contribution is 6.37. The largest absolute Gasteiger partial charge is 0.0952 e. The lowest BCUT2D eigenvalue weighted by Crippen LogP contribution is -1.89. The quantitative estimate of drug-likeness (QED) is 0.634. The van der Waals surface area contributed by atoms with Crippen LogP contribution in [0.15, 0.2) is 25.3 Å². The van der Waals surface area contributed by atoms with Crippen LogP contribution in [0.2, 0.25) is 10.0 Å². The number of rotatable bonds is 4. The summed E-state index contributed by atoms with van der Waals surface area (Å²) in [5, 5.41) is 1.31. The summed E-state index contributed by atoms with van der Waals surface area (Å²) in [6.07, 6.45) is 1.73. The summed E-state index contributed by atoms with van der Waals surface area (Å²) >= 11 is 12.4. The molecule has 86 valence electrons. The Labute approximate surface area is 108 Å². The number of benzene rings is 1. The molecule has 1 rings (SSSR count). The average Bonchev–Trinajstić information content (AvgIpc) is 2.26. The second-order valence-electron chi connectivity index (χ2n) is 3.73. The highest BCUT2D eigenvalue weighted by atomic mass is 35.5. The first-order valence-corrected chi connectivity index (χ1v) is 6.12. The molecule has 0 aliphatic heterocycles. The van der Waals surface area contributed by atoms with Crippen molar-refractivity contribution in [2.45, 2.75) is 26.7 Å². The van der Waals surface area contributed by atoms with E-state index in [9.17, 15) is 0 Å². The van der Waals surface area contributed by atoms with E-state index in [4.69, 9.17) is 23.2 Å². The minimum atomic E-state index is 0.656. The van der Waals surface area contributed by atoms with Crippen molar-refractivity contribution in [3.05, 3.63) is 46.5 Å². The minimum Gasteiger partial charge on any atom is -0.0952 e. The van der Waals surface area contributed by atoms with E-state index in [0.717, 1.165) is 35.1 Å². The molecule has 0 heterocycles. The molecule has 2 heteroatoms. The lowest BCUT2D eigenvalue weighted by Gasteiger charge is -2.12. The maximum absolute atomic E-state index is 6.22. The first-order valence-electron chi connectivity index (χ1n) is 5.36. The van der Waals surface area contributed by atoms with Crippen LogP contribution in [0.25, 0.3) is 11.1 Å². The molecule has 0 nitrogen and oxygen atoms in total. The highest BCUT2D eigenvalue weighted by Crippen LogP contribution is 2.35. The zero-order valence-electron chi connectivity index (χ0n) is 9.74. The lowest BCUT2D eigenvalue weighted by atomic mass is 9.99. The van der Waals surface area contributed by atoms with Crippen LogP contribution in [0.4, 0.5) is 0 Å². The van der Waals surface area contributed by atoms with Gasteiger partial charge < -0.3 is 0 Å². The molecule has 0 saturated carbocycles. The fraction of sp³-hybridized carbons (Fsp3) is 0.286. The van der Waals surface area contributed by atoms with Gasteiger partial charge in [0, 0.05) is 5.56 Å². The van der Waals surface area contributed by atoms with Gasteiger partial charge in [-0.2, -0.15) is 0 Å². The van der Waals surface area contributed by atoms with E-state index >= 15 is 0 Å². The Morgan fingerprint density at radius 3 is 1.81 bits per heavy atom. The van der Waals surface area contributed by atoms with E-state index in [2.05, 4.69) is 20.1 Å². The van der Waals surface area contributed by atoms with Gasteiger partial charge in [-0.1, -0.05) is 50.2 Å². The van der Waals surface area contributed by atoms with Gasteiger partial charge in [0.15, 0.2) is 0 Å². The van der Waals surface area contributed by atoms with Crippen LogP contribution in [0.5, 0.6) is 0 Å². The third kappa shape index (κ3) is 2.69. The maximum atomic E-state index is 6.22. The van der Waals surface area contributed by atoms with Crippen LogP contribution in [0, 0.1) is 0 Å². The Morgan fingerprint density at radius 2 is 1.44 bits per heavy atom. The first kappa shape index (κ1) is 13.3. The average molecular weight is 255 g/mol. The molecule has 0 spiro atoms. The molecule has 0 unspecified atom stereocenters. The van der Waals surface area contributed by atoms with Crippen LogP contribution in [-0.2, 0) is 0 Å². The fourth-order valence-corrected chi connectivity index (χ4v) is 2.25. The molecule has 1 aromatic rings. The van der Waals surface area contributed by atoms with Gasteiger partial charge in [0.05, 0.1) is 10.0 Å². The Hall–Kier alpha value is -0.720. The number of allylic oxidation sites excluding steroid dienone is 2. The normalized spacial score (nSPS) is 10.2. The van der Waals surface area contributed by atoms with Gasteiger partial charge in [-0.3, -0.25) is 0 Å². The minimum absolute atomic E-state index is 0.656. The SMILES string of the molecule is C=C(CC)c1cc(Cl)c(C(=C)CC)c(Cl)c1. The molecule has 0 fully saturated rings. The lowest BCUT2D eigenvalue weighted by molar-refractivity contribution is 1.23. The van der Waals surface area contributed by atoms with Gasteiger partial charge in [-0.05, 0) is 41.7 Å². The van der Waals surface area contributed by atoms with Gasteiger partial charge >= 0.3 is 0 Å². The van der Waals surface area contributed by atoms with Gasteiger partial charge in [0.25, 0.3) is 0 Å². The van der Waals surface area contributed by atoms with Crippen molar-refractivity contribution in [1.29, 1.82) is 0 Å². The summed E-state index contributed by atoms with van der Waals surface area (Å²) < 4.78 is 0. The number of halogens is 2. The molecule has 0 saturated heterocycles. The third-order valence-corrected chi connectivity index (χ3v) is 3.25. The smallest absolute Gasteiger partial charge is 0.0501 e. The van der Waals surface area contributed by atoms with Crippen molar-refractivity contribution in [3.8, 4) is 0 Å². The Kier molecular flexibility index (Phi) is 4.64. The third-order valence-electron chi connectivity index (χ3n) is 2.66. The Morgan fingerprint density at radius 1 is 1.00 bits per heavy atom. The van der Waals surface area contributed by atoms with Crippen molar-refractivity contribution in [3.63, 3.8) is 0 Å². The predicted octanol–water partition coefficient (Wildman–Crippen LogP) is 5.84. The summed E-state index contributed by atoms with van der Waals surface area (Å²) in [7, 11) is 0. The molecule has 1 aromatic carbocycles. The zero-order valence-corrected chi connectivity index (χ0v) is 11.3. The topological polar surface area (TPSA) is 0 Å². The summed E-state index contributed by atoms with van der Waals surface area (Å²) in [4.78, 5) is 0. The monoisotopic (exact) mass is 254 g/mol. The highest BCUT2D eigenvalue weighted by Gasteiger charge is 2.11. The van der Waals surface area contributed by atoms with E-state index in [0.29, 0.717) is 10.0 Å². The van der Waals surface area contributed by atoms with E-state index in [1.54, 1.807) is 0 Å². The predicted molar refractivity (Wildman–Crippen MR) is 75.1 cm³/mol. The molecular weight excluding hydrogens is 239 g/mol. The van der Waals surface area contributed by atoms with Crippen LogP contribution >= 0.6 is 23.2 Å². The van der Waals surface area contributed by atoms with E-state index < -0.39 is 0 Å². The number of hydrogen-bond acceptors (Lipinski definition) is 0. The van der Waals surface area contributed by atoms with Crippen molar-refractivity contribution < 1.29 is 0 Å². The van der Waals surface area contributed by atoms with Crippen LogP contribution < -0.4 is 0 Å². The molecular formula is C14H16Cl2. The van der Waals surface area contributed by atoms with Gasteiger partial charge in [0.1, 0.15) is 0 Å². The molecule has 0 amide bonds. The van der Waals surface area contributed by atoms with E-state index in [1.165, 1.54) is 0 Å².